The molecular formula is C14H18BrFO. The van der Waals surface area contributed by atoms with Crippen molar-refractivity contribution in [1.82, 2.24) is 0 Å². The highest BCUT2D eigenvalue weighted by molar-refractivity contribution is 9.10. The second-order valence-electron chi connectivity index (χ2n) is 4.88. The molecule has 2 rings (SSSR count). The number of hydrogen-bond acceptors (Lipinski definition) is 1. The summed E-state index contributed by atoms with van der Waals surface area (Å²) >= 11 is 3.25. The Kier molecular flexibility index (Phi) is 4.57. The van der Waals surface area contributed by atoms with Crippen molar-refractivity contribution in [3.8, 4) is 0 Å². The molecule has 1 aliphatic carbocycles. The first-order chi connectivity index (χ1) is 8.18. The van der Waals surface area contributed by atoms with E-state index in [0.29, 0.717) is 16.8 Å². The van der Waals surface area contributed by atoms with E-state index in [-0.39, 0.29) is 11.9 Å². The van der Waals surface area contributed by atoms with Crippen molar-refractivity contribution < 1.29 is 9.50 Å². The molecule has 1 atom stereocenters. The fourth-order valence-electron chi connectivity index (χ4n) is 2.62. The van der Waals surface area contributed by atoms with Crippen LogP contribution in [0, 0.1) is 11.7 Å². The summed E-state index contributed by atoms with van der Waals surface area (Å²) in [4.78, 5) is 0. The van der Waals surface area contributed by atoms with Crippen LogP contribution in [0.15, 0.2) is 22.7 Å². The van der Waals surface area contributed by atoms with Crippen LogP contribution >= 0.6 is 15.9 Å². The molecule has 1 fully saturated rings. The molecule has 1 nitrogen and oxygen atoms in total. The van der Waals surface area contributed by atoms with Gasteiger partial charge in [0.15, 0.2) is 0 Å². The van der Waals surface area contributed by atoms with Gasteiger partial charge in [0.1, 0.15) is 5.82 Å². The lowest BCUT2D eigenvalue weighted by Gasteiger charge is -2.26. The largest absolute Gasteiger partial charge is 0.392 e. The van der Waals surface area contributed by atoms with Gasteiger partial charge in [-0.25, -0.2) is 4.39 Å². The lowest BCUT2D eigenvalue weighted by molar-refractivity contribution is 0.0849. The molecule has 3 heteroatoms. The fraction of sp³-hybridized carbons (Fsp3) is 0.571. The number of hydrogen-bond donors (Lipinski definition) is 1. The maximum Gasteiger partial charge on any atom is 0.137 e. The molecule has 1 saturated carbocycles. The monoisotopic (exact) mass is 300 g/mol. The van der Waals surface area contributed by atoms with Crippen molar-refractivity contribution in [3.05, 3.63) is 34.1 Å². The van der Waals surface area contributed by atoms with Gasteiger partial charge in [0.05, 0.1) is 10.6 Å². The van der Waals surface area contributed by atoms with E-state index in [1.54, 1.807) is 6.07 Å². The molecule has 0 aromatic heterocycles. The minimum Gasteiger partial charge on any atom is -0.392 e. The van der Waals surface area contributed by atoms with Crippen LogP contribution in [0.4, 0.5) is 4.39 Å². The van der Waals surface area contributed by atoms with E-state index in [1.165, 1.54) is 25.3 Å². The van der Waals surface area contributed by atoms with E-state index in [4.69, 9.17) is 0 Å². The summed E-state index contributed by atoms with van der Waals surface area (Å²) in [6, 6.07) is 5.00. The van der Waals surface area contributed by atoms with Crippen LogP contribution in [0.1, 0.15) is 37.7 Å². The standard InChI is InChI=1S/C14H18BrFO/c15-14-11(7-4-8-12(14)16)9-13(17)10-5-2-1-3-6-10/h4,7-8,10,13,17H,1-3,5-6,9H2. The van der Waals surface area contributed by atoms with Gasteiger partial charge in [-0.2, -0.15) is 0 Å². The summed E-state index contributed by atoms with van der Waals surface area (Å²) in [5, 5.41) is 10.2. The van der Waals surface area contributed by atoms with Crippen LogP contribution in [0.3, 0.4) is 0 Å². The van der Waals surface area contributed by atoms with Gasteiger partial charge in [0.25, 0.3) is 0 Å². The van der Waals surface area contributed by atoms with E-state index in [0.717, 1.165) is 18.4 Å². The first kappa shape index (κ1) is 13.0. The molecule has 0 aliphatic heterocycles. The molecule has 0 saturated heterocycles. The van der Waals surface area contributed by atoms with E-state index in [2.05, 4.69) is 15.9 Å². The molecule has 94 valence electrons. The lowest BCUT2D eigenvalue weighted by atomic mass is 9.83. The maximum absolute atomic E-state index is 13.3. The van der Waals surface area contributed by atoms with Crippen molar-refractivity contribution in [2.45, 2.75) is 44.6 Å². The number of rotatable bonds is 3. The van der Waals surface area contributed by atoms with Gasteiger partial charge >= 0.3 is 0 Å². The van der Waals surface area contributed by atoms with Crippen molar-refractivity contribution >= 4 is 15.9 Å². The zero-order valence-electron chi connectivity index (χ0n) is 9.83. The summed E-state index contributed by atoms with van der Waals surface area (Å²) in [5.74, 6) is 0.136. The Morgan fingerprint density at radius 3 is 2.71 bits per heavy atom. The average Bonchev–Trinajstić information content (AvgIpc) is 2.36. The molecule has 1 aromatic carbocycles. The average molecular weight is 301 g/mol. The Balaban J connectivity index is 2.01. The molecule has 0 radical (unpaired) electrons. The Morgan fingerprint density at radius 2 is 2.00 bits per heavy atom. The summed E-state index contributed by atoms with van der Waals surface area (Å²) < 4.78 is 13.8. The van der Waals surface area contributed by atoms with Gasteiger partial charge in [-0.1, -0.05) is 31.4 Å². The molecule has 1 aliphatic rings. The predicted molar refractivity (Wildman–Crippen MR) is 70.4 cm³/mol. The smallest absolute Gasteiger partial charge is 0.137 e. The third-order valence-electron chi connectivity index (χ3n) is 3.65. The summed E-state index contributed by atoms with van der Waals surface area (Å²) in [6.07, 6.45) is 6.13. The molecule has 1 unspecified atom stereocenters. The van der Waals surface area contributed by atoms with Gasteiger partial charge < -0.3 is 5.11 Å². The maximum atomic E-state index is 13.3. The molecule has 1 N–H and O–H groups in total. The highest BCUT2D eigenvalue weighted by Gasteiger charge is 2.22. The van der Waals surface area contributed by atoms with Gasteiger partial charge in [-0.3, -0.25) is 0 Å². The summed E-state index contributed by atoms with van der Waals surface area (Å²) in [7, 11) is 0. The second kappa shape index (κ2) is 5.96. The summed E-state index contributed by atoms with van der Waals surface area (Å²) in [6.45, 7) is 0. The molecule has 1 aromatic rings. The molecule has 0 bridgehead atoms. The number of halogens is 2. The third kappa shape index (κ3) is 3.29. The number of aliphatic hydroxyl groups excluding tert-OH is 1. The first-order valence-electron chi connectivity index (χ1n) is 6.29. The minimum absolute atomic E-state index is 0.252. The van der Waals surface area contributed by atoms with Crippen LogP contribution in [0.2, 0.25) is 0 Å². The minimum atomic E-state index is -0.339. The lowest BCUT2D eigenvalue weighted by Crippen LogP contribution is -2.25. The number of aliphatic hydroxyl groups is 1. The van der Waals surface area contributed by atoms with Crippen LogP contribution in [-0.4, -0.2) is 11.2 Å². The summed E-state index contributed by atoms with van der Waals surface area (Å²) in [5.41, 5.74) is 0.864. The quantitative estimate of drug-likeness (QED) is 0.892. The van der Waals surface area contributed by atoms with Crippen LogP contribution < -0.4 is 0 Å². The van der Waals surface area contributed by atoms with E-state index < -0.39 is 0 Å². The highest BCUT2D eigenvalue weighted by atomic mass is 79.9. The van der Waals surface area contributed by atoms with E-state index >= 15 is 0 Å². The van der Waals surface area contributed by atoms with Crippen LogP contribution in [-0.2, 0) is 6.42 Å². The molecule has 0 heterocycles. The second-order valence-corrected chi connectivity index (χ2v) is 5.68. The Morgan fingerprint density at radius 1 is 1.29 bits per heavy atom. The van der Waals surface area contributed by atoms with E-state index in [9.17, 15) is 9.50 Å². The van der Waals surface area contributed by atoms with Gasteiger partial charge in [0.2, 0.25) is 0 Å². The molecule has 0 amide bonds. The first-order valence-corrected chi connectivity index (χ1v) is 7.08. The Bertz CT molecular complexity index is 374. The Hall–Kier alpha value is -0.410. The molecular weight excluding hydrogens is 283 g/mol. The van der Waals surface area contributed by atoms with E-state index in [1.807, 2.05) is 6.07 Å². The SMILES string of the molecule is OC(Cc1cccc(F)c1Br)C1CCCCC1. The van der Waals surface area contributed by atoms with Gasteiger partial charge in [-0.15, -0.1) is 0 Å². The number of benzene rings is 1. The van der Waals surface area contributed by atoms with Crippen molar-refractivity contribution in [2.24, 2.45) is 5.92 Å². The topological polar surface area (TPSA) is 20.2 Å². The Labute approximate surface area is 110 Å². The van der Waals surface area contributed by atoms with Crippen molar-refractivity contribution in [2.75, 3.05) is 0 Å². The third-order valence-corrected chi connectivity index (χ3v) is 4.54. The zero-order valence-corrected chi connectivity index (χ0v) is 11.4. The zero-order chi connectivity index (χ0) is 12.3. The molecule has 17 heavy (non-hydrogen) atoms. The van der Waals surface area contributed by atoms with Crippen molar-refractivity contribution in [3.63, 3.8) is 0 Å². The van der Waals surface area contributed by atoms with Crippen LogP contribution in [0.5, 0.6) is 0 Å². The fourth-order valence-corrected chi connectivity index (χ4v) is 3.04. The normalized spacial score (nSPS) is 19.2. The highest BCUT2D eigenvalue weighted by Crippen LogP contribution is 2.29. The van der Waals surface area contributed by atoms with Gasteiger partial charge in [0, 0.05) is 0 Å². The van der Waals surface area contributed by atoms with Crippen molar-refractivity contribution in [1.29, 1.82) is 0 Å². The van der Waals surface area contributed by atoms with Gasteiger partial charge in [-0.05, 0) is 52.7 Å². The predicted octanol–water partition coefficient (Wildman–Crippen LogP) is 4.07. The molecule has 0 spiro atoms. The van der Waals surface area contributed by atoms with Crippen LogP contribution in [0.25, 0.3) is 0 Å².